The maximum atomic E-state index is 3.56. The summed E-state index contributed by atoms with van der Waals surface area (Å²) in [6.07, 6.45) is 0. The zero-order chi connectivity index (χ0) is 13.7. The van der Waals surface area contributed by atoms with Gasteiger partial charge in [-0.3, -0.25) is 0 Å². The van der Waals surface area contributed by atoms with Crippen molar-refractivity contribution in [2.24, 2.45) is 0 Å². The Kier molecular flexibility index (Phi) is 5.58. The van der Waals surface area contributed by atoms with Gasteiger partial charge < -0.3 is 10.2 Å². The van der Waals surface area contributed by atoms with Gasteiger partial charge in [0.1, 0.15) is 0 Å². The van der Waals surface area contributed by atoms with Gasteiger partial charge in [0.05, 0.1) is 0 Å². The van der Waals surface area contributed by atoms with Crippen LogP contribution < -0.4 is 5.32 Å². The van der Waals surface area contributed by atoms with Crippen LogP contribution in [0.25, 0.3) is 0 Å². The molecular weight excluding hydrogens is 320 g/mol. The lowest BCUT2D eigenvalue weighted by Crippen LogP contribution is -2.17. The molecule has 0 aliphatic carbocycles. The molecule has 0 aliphatic rings. The summed E-state index contributed by atoms with van der Waals surface area (Å²) < 4.78 is 1.20. The molecule has 0 radical (unpaired) electrons. The van der Waals surface area contributed by atoms with E-state index in [9.17, 15) is 0 Å². The van der Waals surface area contributed by atoms with Crippen LogP contribution in [0.1, 0.15) is 16.0 Å². The van der Waals surface area contributed by atoms with Crippen LogP contribution in [0.15, 0.2) is 40.2 Å². The standard InChI is InChI=1S/C15H19BrN2S/c1-18(2)11-13-6-4-3-5-12(13)9-17-10-15-14(16)7-8-19-15/h3-8,17H,9-11H2,1-2H3. The largest absolute Gasteiger partial charge is 0.308 e. The Morgan fingerprint density at radius 2 is 1.84 bits per heavy atom. The molecular formula is C15H19BrN2S. The highest BCUT2D eigenvalue weighted by Gasteiger charge is 2.04. The van der Waals surface area contributed by atoms with Crippen LogP contribution in [0.4, 0.5) is 0 Å². The highest BCUT2D eigenvalue weighted by atomic mass is 79.9. The second-order valence-corrected chi connectivity index (χ2v) is 6.66. The fraction of sp³-hybridized carbons (Fsp3) is 0.333. The van der Waals surface area contributed by atoms with Gasteiger partial charge in [-0.2, -0.15) is 0 Å². The first-order valence-electron chi connectivity index (χ1n) is 6.31. The number of hydrogen-bond acceptors (Lipinski definition) is 3. The van der Waals surface area contributed by atoms with Crippen LogP contribution in [0, 0.1) is 0 Å². The highest BCUT2D eigenvalue weighted by molar-refractivity contribution is 9.10. The Balaban J connectivity index is 1.94. The number of thiophene rings is 1. The minimum atomic E-state index is 0.911. The van der Waals surface area contributed by atoms with Crippen molar-refractivity contribution < 1.29 is 0 Å². The van der Waals surface area contributed by atoms with E-state index in [2.05, 4.69) is 76.0 Å². The molecule has 1 heterocycles. The fourth-order valence-corrected chi connectivity index (χ4v) is 3.45. The minimum Gasteiger partial charge on any atom is -0.308 e. The number of halogens is 1. The van der Waals surface area contributed by atoms with Crippen molar-refractivity contribution in [3.05, 3.63) is 56.2 Å². The zero-order valence-corrected chi connectivity index (χ0v) is 13.7. The van der Waals surface area contributed by atoms with Gasteiger partial charge in [-0.15, -0.1) is 11.3 Å². The summed E-state index contributed by atoms with van der Waals surface area (Å²) in [7, 11) is 4.21. The van der Waals surface area contributed by atoms with Gasteiger partial charge in [0.15, 0.2) is 0 Å². The lowest BCUT2D eigenvalue weighted by Gasteiger charge is -2.14. The second-order valence-electron chi connectivity index (χ2n) is 4.80. The molecule has 1 aromatic carbocycles. The molecule has 2 rings (SSSR count). The Morgan fingerprint density at radius 3 is 2.47 bits per heavy atom. The molecule has 0 amide bonds. The summed E-state index contributed by atoms with van der Waals surface area (Å²) in [4.78, 5) is 3.56. The minimum absolute atomic E-state index is 0.911. The third-order valence-corrected chi connectivity index (χ3v) is 4.82. The van der Waals surface area contributed by atoms with Crippen LogP contribution in [-0.2, 0) is 19.6 Å². The van der Waals surface area contributed by atoms with E-state index >= 15 is 0 Å². The van der Waals surface area contributed by atoms with Gasteiger partial charge in [0, 0.05) is 29.0 Å². The Morgan fingerprint density at radius 1 is 1.11 bits per heavy atom. The quantitative estimate of drug-likeness (QED) is 0.860. The third-order valence-electron chi connectivity index (χ3n) is 2.90. The normalized spacial score (nSPS) is 11.2. The van der Waals surface area contributed by atoms with Crippen molar-refractivity contribution in [3.8, 4) is 0 Å². The molecule has 1 N–H and O–H groups in total. The maximum absolute atomic E-state index is 3.56. The average Bonchev–Trinajstić information content (AvgIpc) is 2.77. The summed E-state index contributed by atoms with van der Waals surface area (Å²) in [5.41, 5.74) is 2.77. The van der Waals surface area contributed by atoms with Crippen molar-refractivity contribution in [2.75, 3.05) is 14.1 Å². The summed E-state index contributed by atoms with van der Waals surface area (Å²) in [5, 5.41) is 5.63. The van der Waals surface area contributed by atoms with Crippen molar-refractivity contribution in [1.82, 2.24) is 10.2 Å². The van der Waals surface area contributed by atoms with Gasteiger partial charge in [-0.1, -0.05) is 24.3 Å². The van der Waals surface area contributed by atoms with Crippen molar-refractivity contribution in [2.45, 2.75) is 19.6 Å². The Labute approximate surface area is 127 Å². The maximum Gasteiger partial charge on any atom is 0.0327 e. The van der Waals surface area contributed by atoms with Crippen molar-refractivity contribution in [1.29, 1.82) is 0 Å². The van der Waals surface area contributed by atoms with E-state index in [0.717, 1.165) is 19.6 Å². The van der Waals surface area contributed by atoms with Gasteiger partial charge in [-0.25, -0.2) is 0 Å². The van der Waals surface area contributed by atoms with Gasteiger partial charge in [0.2, 0.25) is 0 Å². The summed E-state index contributed by atoms with van der Waals surface area (Å²) in [6, 6.07) is 10.7. The summed E-state index contributed by atoms with van der Waals surface area (Å²) >= 11 is 5.35. The molecule has 0 spiro atoms. The van der Waals surface area contributed by atoms with E-state index in [1.165, 1.54) is 20.5 Å². The first kappa shape index (κ1) is 14.7. The summed E-state index contributed by atoms with van der Waals surface area (Å²) in [6.45, 7) is 2.81. The van der Waals surface area contributed by atoms with E-state index < -0.39 is 0 Å². The molecule has 0 fully saturated rings. The average molecular weight is 339 g/mol. The smallest absolute Gasteiger partial charge is 0.0327 e. The first-order valence-corrected chi connectivity index (χ1v) is 7.98. The molecule has 1 aromatic heterocycles. The predicted molar refractivity (Wildman–Crippen MR) is 86.4 cm³/mol. The first-order chi connectivity index (χ1) is 9.16. The number of nitrogens with one attached hydrogen (secondary N) is 1. The number of benzene rings is 1. The lowest BCUT2D eigenvalue weighted by molar-refractivity contribution is 0.400. The number of rotatable bonds is 6. The molecule has 2 aromatic rings. The van der Waals surface area contributed by atoms with E-state index in [0.29, 0.717) is 0 Å². The van der Waals surface area contributed by atoms with Crippen molar-refractivity contribution in [3.63, 3.8) is 0 Å². The SMILES string of the molecule is CN(C)Cc1ccccc1CNCc1sccc1Br. The third kappa shape index (κ3) is 4.42. The monoisotopic (exact) mass is 338 g/mol. The Hall–Kier alpha value is -0.680. The zero-order valence-electron chi connectivity index (χ0n) is 11.3. The lowest BCUT2D eigenvalue weighted by atomic mass is 10.1. The van der Waals surface area contributed by atoms with Gasteiger partial charge >= 0.3 is 0 Å². The second kappa shape index (κ2) is 7.20. The van der Waals surface area contributed by atoms with E-state index in [1.54, 1.807) is 11.3 Å². The molecule has 0 saturated heterocycles. The van der Waals surface area contributed by atoms with E-state index in [-0.39, 0.29) is 0 Å². The summed E-state index contributed by atoms with van der Waals surface area (Å²) in [5.74, 6) is 0. The van der Waals surface area contributed by atoms with Crippen LogP contribution >= 0.6 is 27.3 Å². The molecule has 19 heavy (non-hydrogen) atoms. The molecule has 4 heteroatoms. The molecule has 2 nitrogen and oxygen atoms in total. The molecule has 0 aliphatic heterocycles. The highest BCUT2D eigenvalue weighted by Crippen LogP contribution is 2.22. The van der Waals surface area contributed by atoms with Crippen LogP contribution in [0.5, 0.6) is 0 Å². The molecule has 0 saturated carbocycles. The van der Waals surface area contributed by atoms with Crippen LogP contribution in [0.3, 0.4) is 0 Å². The van der Waals surface area contributed by atoms with Crippen LogP contribution in [-0.4, -0.2) is 19.0 Å². The van der Waals surface area contributed by atoms with Crippen molar-refractivity contribution >= 4 is 27.3 Å². The van der Waals surface area contributed by atoms with Gasteiger partial charge in [-0.05, 0) is 52.6 Å². The predicted octanol–water partition coefficient (Wildman–Crippen LogP) is 3.86. The van der Waals surface area contributed by atoms with E-state index in [1.807, 2.05) is 0 Å². The molecule has 0 bridgehead atoms. The fourth-order valence-electron chi connectivity index (χ4n) is 1.99. The van der Waals surface area contributed by atoms with Crippen LogP contribution in [0.2, 0.25) is 0 Å². The molecule has 0 atom stereocenters. The Bertz CT molecular complexity index is 522. The van der Waals surface area contributed by atoms with E-state index in [4.69, 9.17) is 0 Å². The number of nitrogens with zero attached hydrogens (tertiary/aromatic N) is 1. The molecule has 102 valence electrons. The molecule has 0 unspecified atom stereocenters. The topological polar surface area (TPSA) is 15.3 Å². The van der Waals surface area contributed by atoms with Gasteiger partial charge in [0.25, 0.3) is 0 Å². The number of hydrogen-bond donors (Lipinski definition) is 1.